The topological polar surface area (TPSA) is 45.5 Å². The molecule has 4 nitrogen and oxygen atoms in total. The van der Waals surface area contributed by atoms with Crippen LogP contribution in [0.5, 0.6) is 0 Å². The summed E-state index contributed by atoms with van der Waals surface area (Å²) in [6.45, 7) is 2.40. The van der Waals surface area contributed by atoms with E-state index in [-0.39, 0.29) is 11.9 Å². The van der Waals surface area contributed by atoms with Crippen LogP contribution in [0.15, 0.2) is 77.4 Å². The average Bonchev–Trinajstić information content (AvgIpc) is 3.27. The summed E-state index contributed by atoms with van der Waals surface area (Å²) in [6, 6.07) is 22.7. The highest BCUT2D eigenvalue weighted by Gasteiger charge is 2.26. The lowest BCUT2D eigenvalue weighted by Gasteiger charge is -2.34. The van der Waals surface area contributed by atoms with Gasteiger partial charge in [-0.3, -0.25) is 9.69 Å². The summed E-state index contributed by atoms with van der Waals surface area (Å²) in [4.78, 5) is 14.8. The normalized spacial score (nSPS) is 15.0. The highest BCUT2D eigenvalue weighted by molar-refractivity contribution is 5.76. The van der Waals surface area contributed by atoms with E-state index in [9.17, 15) is 4.79 Å². The maximum absolute atomic E-state index is 12.4. The van der Waals surface area contributed by atoms with E-state index in [0.717, 1.165) is 31.7 Å². The number of hydrogen-bond donors (Lipinski definition) is 1. The van der Waals surface area contributed by atoms with Gasteiger partial charge in [0.05, 0.1) is 12.3 Å². The van der Waals surface area contributed by atoms with Crippen molar-refractivity contribution in [1.82, 2.24) is 10.2 Å². The van der Waals surface area contributed by atoms with Gasteiger partial charge in [-0.15, -0.1) is 0 Å². The van der Waals surface area contributed by atoms with Crippen LogP contribution < -0.4 is 5.32 Å². The lowest BCUT2D eigenvalue weighted by molar-refractivity contribution is -0.121. The van der Waals surface area contributed by atoms with E-state index in [0.29, 0.717) is 13.0 Å². The molecule has 0 unspecified atom stereocenters. The van der Waals surface area contributed by atoms with Crippen molar-refractivity contribution in [3.63, 3.8) is 0 Å². The molecule has 1 aromatic heterocycles. The van der Waals surface area contributed by atoms with Crippen LogP contribution in [0.2, 0.25) is 0 Å². The highest BCUT2D eigenvalue weighted by Crippen LogP contribution is 2.27. The van der Waals surface area contributed by atoms with Crippen LogP contribution in [0.25, 0.3) is 0 Å². The Bertz CT molecular complexity index is 890. The molecule has 28 heavy (non-hydrogen) atoms. The van der Waals surface area contributed by atoms with Crippen LogP contribution in [-0.4, -0.2) is 23.9 Å². The zero-order chi connectivity index (χ0) is 19.2. The van der Waals surface area contributed by atoms with Crippen molar-refractivity contribution < 1.29 is 9.21 Å². The van der Waals surface area contributed by atoms with Gasteiger partial charge in [-0.05, 0) is 41.7 Å². The number of nitrogens with one attached hydrogen (secondary N) is 1. The maximum Gasteiger partial charge on any atom is 0.220 e. The zero-order valence-electron chi connectivity index (χ0n) is 16.0. The van der Waals surface area contributed by atoms with Crippen LogP contribution >= 0.6 is 0 Å². The molecule has 0 fully saturated rings. The minimum Gasteiger partial charge on any atom is -0.468 e. The van der Waals surface area contributed by atoms with Gasteiger partial charge in [0.25, 0.3) is 0 Å². The third-order valence-corrected chi connectivity index (χ3v) is 5.45. The van der Waals surface area contributed by atoms with Crippen molar-refractivity contribution in [2.75, 3.05) is 13.1 Å². The predicted molar refractivity (Wildman–Crippen MR) is 110 cm³/mol. The Kier molecular flexibility index (Phi) is 5.88. The number of carbonyl (C=O) groups is 1. The number of rotatable bonds is 7. The van der Waals surface area contributed by atoms with Crippen LogP contribution in [0.4, 0.5) is 0 Å². The molecule has 2 heterocycles. The summed E-state index contributed by atoms with van der Waals surface area (Å²) in [6.07, 6.45) is 3.99. The predicted octanol–water partition coefficient (Wildman–Crippen LogP) is 4.13. The van der Waals surface area contributed by atoms with Crippen LogP contribution in [0, 0.1) is 0 Å². The first-order valence-corrected chi connectivity index (χ1v) is 9.94. The highest BCUT2D eigenvalue weighted by atomic mass is 16.3. The summed E-state index contributed by atoms with van der Waals surface area (Å²) in [5, 5.41) is 3.12. The van der Waals surface area contributed by atoms with Gasteiger partial charge in [-0.1, -0.05) is 54.6 Å². The third kappa shape index (κ3) is 4.52. The molecule has 0 saturated carbocycles. The number of aryl methyl sites for hydroxylation is 1. The Morgan fingerprint density at radius 1 is 1.00 bits per heavy atom. The van der Waals surface area contributed by atoms with Gasteiger partial charge in [-0.25, -0.2) is 0 Å². The van der Waals surface area contributed by atoms with Crippen molar-refractivity contribution in [2.45, 2.75) is 31.8 Å². The Morgan fingerprint density at radius 2 is 1.79 bits per heavy atom. The molecule has 3 aromatic rings. The van der Waals surface area contributed by atoms with Crippen molar-refractivity contribution in [3.8, 4) is 0 Å². The van der Waals surface area contributed by atoms with E-state index in [1.807, 2.05) is 30.3 Å². The zero-order valence-corrected chi connectivity index (χ0v) is 16.0. The molecule has 2 aromatic carbocycles. The molecule has 1 aliphatic heterocycles. The second-order valence-corrected chi connectivity index (χ2v) is 7.31. The SMILES string of the molecule is O=C(CCc1ccccc1)NC[C@@H](c1ccco1)N1CCc2ccccc2C1. The summed E-state index contributed by atoms with van der Waals surface area (Å²) >= 11 is 0. The third-order valence-electron chi connectivity index (χ3n) is 5.45. The molecule has 144 valence electrons. The quantitative estimate of drug-likeness (QED) is 0.676. The molecule has 0 saturated heterocycles. The van der Waals surface area contributed by atoms with Gasteiger partial charge in [0.15, 0.2) is 0 Å². The number of hydrogen-bond acceptors (Lipinski definition) is 3. The van der Waals surface area contributed by atoms with E-state index in [1.54, 1.807) is 6.26 Å². The van der Waals surface area contributed by atoms with E-state index >= 15 is 0 Å². The molecule has 0 aliphatic carbocycles. The van der Waals surface area contributed by atoms with Gasteiger partial charge in [0, 0.05) is 26.1 Å². The largest absolute Gasteiger partial charge is 0.468 e. The Labute approximate surface area is 166 Å². The number of furan rings is 1. The lowest BCUT2D eigenvalue weighted by Crippen LogP contribution is -2.40. The van der Waals surface area contributed by atoms with Crippen molar-refractivity contribution >= 4 is 5.91 Å². The molecule has 4 heteroatoms. The number of benzene rings is 2. The lowest BCUT2D eigenvalue weighted by atomic mass is 9.98. The average molecular weight is 374 g/mol. The first kappa shape index (κ1) is 18.5. The fourth-order valence-electron chi connectivity index (χ4n) is 3.88. The van der Waals surface area contributed by atoms with Gasteiger partial charge in [-0.2, -0.15) is 0 Å². The molecule has 0 bridgehead atoms. The molecular weight excluding hydrogens is 348 g/mol. The molecular formula is C24H26N2O2. The summed E-state index contributed by atoms with van der Waals surface area (Å²) in [5.74, 6) is 0.987. The first-order valence-electron chi connectivity index (χ1n) is 9.94. The molecule has 1 aliphatic rings. The van der Waals surface area contributed by atoms with E-state index in [1.165, 1.54) is 16.7 Å². The summed E-state index contributed by atoms with van der Waals surface area (Å²) in [7, 11) is 0. The minimum absolute atomic E-state index is 0.0454. The Morgan fingerprint density at radius 3 is 2.57 bits per heavy atom. The molecule has 4 rings (SSSR count). The molecule has 1 atom stereocenters. The van der Waals surface area contributed by atoms with Crippen LogP contribution in [0.1, 0.15) is 34.9 Å². The standard InChI is InChI=1S/C24H26N2O2/c27-24(13-12-19-7-2-1-3-8-19)25-17-22(23-11-6-16-28-23)26-15-14-20-9-4-5-10-21(20)18-26/h1-11,16,22H,12-15,17-18H2,(H,25,27)/t22-/m0/s1. The summed E-state index contributed by atoms with van der Waals surface area (Å²) < 4.78 is 5.71. The fourth-order valence-corrected chi connectivity index (χ4v) is 3.88. The molecule has 1 amide bonds. The number of carbonyl (C=O) groups excluding carboxylic acids is 1. The van der Waals surface area contributed by atoms with E-state index in [4.69, 9.17) is 4.42 Å². The maximum atomic E-state index is 12.4. The number of nitrogens with zero attached hydrogens (tertiary/aromatic N) is 1. The Balaban J connectivity index is 1.38. The van der Waals surface area contributed by atoms with E-state index in [2.05, 4.69) is 46.6 Å². The molecule has 0 spiro atoms. The van der Waals surface area contributed by atoms with Crippen LogP contribution in [0.3, 0.4) is 0 Å². The van der Waals surface area contributed by atoms with Gasteiger partial charge in [0.1, 0.15) is 5.76 Å². The number of amides is 1. The van der Waals surface area contributed by atoms with Crippen molar-refractivity contribution in [2.24, 2.45) is 0 Å². The fraction of sp³-hybridized carbons (Fsp3) is 0.292. The molecule has 1 N–H and O–H groups in total. The minimum atomic E-state index is 0.0454. The second-order valence-electron chi connectivity index (χ2n) is 7.31. The van der Waals surface area contributed by atoms with Gasteiger partial charge in [0.2, 0.25) is 5.91 Å². The first-order chi connectivity index (χ1) is 13.8. The molecule has 0 radical (unpaired) electrons. The smallest absolute Gasteiger partial charge is 0.220 e. The summed E-state index contributed by atoms with van der Waals surface area (Å²) in [5.41, 5.74) is 3.97. The number of fused-ring (bicyclic) bond motifs is 1. The van der Waals surface area contributed by atoms with Gasteiger partial charge >= 0.3 is 0 Å². The van der Waals surface area contributed by atoms with E-state index < -0.39 is 0 Å². The van der Waals surface area contributed by atoms with Gasteiger partial charge < -0.3 is 9.73 Å². The Hall–Kier alpha value is -2.85. The van der Waals surface area contributed by atoms with Crippen LogP contribution in [-0.2, 0) is 24.2 Å². The monoisotopic (exact) mass is 374 g/mol. The second kappa shape index (κ2) is 8.89. The van der Waals surface area contributed by atoms with Crippen molar-refractivity contribution in [3.05, 3.63) is 95.4 Å². The van der Waals surface area contributed by atoms with Crippen molar-refractivity contribution in [1.29, 1.82) is 0 Å².